The predicted octanol–water partition coefficient (Wildman–Crippen LogP) is 5.42. The molecule has 0 unspecified atom stereocenters. The second-order valence-corrected chi connectivity index (χ2v) is 9.90. The Bertz CT molecular complexity index is 1420. The summed E-state index contributed by atoms with van der Waals surface area (Å²) in [6, 6.07) is 12.0. The molecule has 1 aliphatic heterocycles. The fourth-order valence-corrected chi connectivity index (χ4v) is 5.12. The minimum absolute atomic E-state index is 0.0471. The van der Waals surface area contributed by atoms with Crippen molar-refractivity contribution in [2.75, 3.05) is 11.4 Å². The Balaban J connectivity index is 1.44. The summed E-state index contributed by atoms with van der Waals surface area (Å²) in [5.41, 5.74) is 1.46. The van der Waals surface area contributed by atoms with Crippen LogP contribution in [0.15, 0.2) is 54.6 Å². The van der Waals surface area contributed by atoms with Gasteiger partial charge in [0.15, 0.2) is 0 Å². The van der Waals surface area contributed by atoms with E-state index in [1.54, 1.807) is 36.4 Å². The number of carboxylic acid groups (broad SMARTS) is 1. The predicted molar refractivity (Wildman–Crippen MR) is 132 cm³/mol. The molecule has 14 heteroatoms. The molecule has 7 nitrogen and oxygen atoms in total. The molecule has 2 amide bonds. The number of halogens is 6. The van der Waals surface area contributed by atoms with Gasteiger partial charge in [0.1, 0.15) is 23.3 Å². The lowest BCUT2D eigenvalue weighted by Gasteiger charge is -2.21. The Morgan fingerprint density at radius 3 is 2.35 bits per heavy atom. The fraction of sp³-hybridized carbons (Fsp3) is 0.269. The molecule has 0 bridgehead atoms. The van der Waals surface area contributed by atoms with E-state index in [2.05, 4.69) is 0 Å². The number of benzene rings is 2. The van der Waals surface area contributed by atoms with Crippen molar-refractivity contribution in [3.05, 3.63) is 69.9 Å². The molecule has 2 aromatic carbocycles. The van der Waals surface area contributed by atoms with Crippen LogP contribution in [-0.4, -0.2) is 41.7 Å². The summed E-state index contributed by atoms with van der Waals surface area (Å²) >= 11 is 0.573. The first-order valence-electron chi connectivity index (χ1n) is 11.7. The third kappa shape index (κ3) is 6.55. The van der Waals surface area contributed by atoms with Gasteiger partial charge >= 0.3 is 24.2 Å². The number of carbonyl (C=O) groups is 3. The second-order valence-electron chi connectivity index (χ2n) is 8.76. The number of carboxylic acids is 1. The van der Waals surface area contributed by atoms with Gasteiger partial charge in [0.05, 0.1) is 6.42 Å². The average Bonchev–Trinajstić information content (AvgIpc) is 3.51. The third-order valence-corrected chi connectivity index (χ3v) is 7.15. The van der Waals surface area contributed by atoms with Crippen molar-refractivity contribution in [1.82, 2.24) is 5.32 Å². The molecule has 0 saturated heterocycles. The van der Waals surface area contributed by atoms with Crippen LogP contribution in [0, 0.1) is 0 Å². The summed E-state index contributed by atoms with van der Waals surface area (Å²) in [5, 5.41) is 10.5. The topological polar surface area (TPSA) is 95.9 Å². The number of hydrogen-bond donors (Lipinski definition) is 2. The number of alkyl halides is 6. The maximum atomic E-state index is 13.6. The monoisotopic (exact) mass is 586 g/mol. The summed E-state index contributed by atoms with van der Waals surface area (Å²) in [6.45, 7) is -0.0430. The van der Waals surface area contributed by atoms with E-state index in [1.165, 1.54) is 28.4 Å². The van der Waals surface area contributed by atoms with Gasteiger partial charge in [-0.2, -0.15) is 26.3 Å². The molecule has 0 radical (unpaired) electrons. The number of nitrogens with zero attached hydrogens (tertiary/aromatic N) is 1. The number of ether oxygens (including phenoxy) is 1. The molecule has 40 heavy (non-hydrogen) atoms. The van der Waals surface area contributed by atoms with E-state index in [-0.39, 0.29) is 18.7 Å². The van der Waals surface area contributed by atoms with Crippen molar-refractivity contribution in [2.24, 2.45) is 0 Å². The third-order valence-electron chi connectivity index (χ3n) is 5.99. The van der Waals surface area contributed by atoms with Crippen molar-refractivity contribution in [2.45, 2.75) is 37.8 Å². The zero-order valence-corrected chi connectivity index (χ0v) is 21.1. The number of nitrogens with one attached hydrogen (secondary N) is 1. The van der Waals surface area contributed by atoms with Gasteiger partial charge in [0.2, 0.25) is 5.91 Å². The zero-order chi connectivity index (χ0) is 29.2. The van der Waals surface area contributed by atoms with E-state index in [1.807, 2.05) is 0 Å². The summed E-state index contributed by atoms with van der Waals surface area (Å²) in [7, 11) is 0. The highest BCUT2D eigenvalue weighted by atomic mass is 32.1. The molecule has 0 fully saturated rings. The van der Waals surface area contributed by atoms with E-state index >= 15 is 0 Å². The van der Waals surface area contributed by atoms with Crippen LogP contribution < -0.4 is 15.0 Å². The van der Waals surface area contributed by atoms with Crippen molar-refractivity contribution >= 4 is 34.8 Å². The quantitative estimate of drug-likeness (QED) is 0.344. The molecule has 0 saturated carbocycles. The molecule has 2 N–H and O–H groups in total. The van der Waals surface area contributed by atoms with Crippen LogP contribution in [-0.2, 0) is 33.6 Å². The summed E-state index contributed by atoms with van der Waals surface area (Å²) in [4.78, 5) is 35.9. The molecule has 0 spiro atoms. The molecule has 2 heterocycles. The molecule has 0 aliphatic carbocycles. The molecular weight excluding hydrogens is 566 g/mol. The van der Waals surface area contributed by atoms with Gasteiger partial charge in [0, 0.05) is 22.7 Å². The Morgan fingerprint density at radius 1 is 1.02 bits per heavy atom. The number of anilines is 1. The van der Waals surface area contributed by atoms with Gasteiger partial charge in [-0.25, -0.2) is 4.79 Å². The van der Waals surface area contributed by atoms with E-state index in [0.29, 0.717) is 45.2 Å². The molecule has 1 aromatic heterocycles. The van der Waals surface area contributed by atoms with Gasteiger partial charge in [-0.15, -0.1) is 11.3 Å². The van der Waals surface area contributed by atoms with Crippen LogP contribution in [0.4, 0.5) is 32.0 Å². The van der Waals surface area contributed by atoms with Crippen LogP contribution in [0.25, 0.3) is 11.1 Å². The number of rotatable bonds is 8. The smallest absolute Gasteiger partial charge is 0.471 e. The highest BCUT2D eigenvalue weighted by Gasteiger charge is 2.42. The average molecular weight is 587 g/mol. The molecule has 212 valence electrons. The lowest BCUT2D eigenvalue weighted by molar-refractivity contribution is -0.175. The molecular formula is C26H20F6N2O5S. The van der Waals surface area contributed by atoms with Gasteiger partial charge in [-0.3, -0.25) is 9.59 Å². The number of aliphatic carboxylic acids is 1. The van der Waals surface area contributed by atoms with Crippen molar-refractivity contribution in [1.29, 1.82) is 0 Å². The summed E-state index contributed by atoms with van der Waals surface area (Å²) in [6.07, 6.45) is -10.4. The van der Waals surface area contributed by atoms with Gasteiger partial charge in [-0.1, -0.05) is 30.3 Å². The number of fused-ring (bicyclic) bond motifs is 1. The summed E-state index contributed by atoms with van der Waals surface area (Å²) in [5.74, 6) is -4.77. The van der Waals surface area contributed by atoms with E-state index in [9.17, 15) is 40.7 Å². The number of carbonyl (C=O) groups excluding carboxylic acids is 2. The molecule has 1 aliphatic rings. The van der Waals surface area contributed by atoms with Gasteiger partial charge in [0.25, 0.3) is 0 Å². The number of amides is 2. The zero-order valence-electron chi connectivity index (χ0n) is 20.3. The second kappa shape index (κ2) is 11.2. The number of hydrogen-bond acceptors (Lipinski definition) is 5. The van der Waals surface area contributed by atoms with Crippen LogP contribution >= 0.6 is 11.3 Å². The molecule has 4 rings (SSSR count). The SMILES string of the molecule is O=C(O)[C@@H](CC(=O)N1CCc2cc(OCc3cc(-c4ccccc4)c(C(F)(F)F)s3)ccc21)NC(=O)C(F)(F)F. The normalized spacial score (nSPS) is 14.0. The maximum absolute atomic E-state index is 13.6. The van der Waals surface area contributed by atoms with Crippen LogP contribution in [0.5, 0.6) is 5.75 Å². The first-order chi connectivity index (χ1) is 18.7. The Kier molecular flexibility index (Phi) is 8.10. The minimum atomic E-state index is -5.31. The fourth-order valence-electron chi connectivity index (χ4n) is 4.16. The van der Waals surface area contributed by atoms with Gasteiger partial charge < -0.3 is 20.1 Å². The maximum Gasteiger partial charge on any atom is 0.471 e. The van der Waals surface area contributed by atoms with E-state index in [0.717, 1.165) is 0 Å². The molecule has 1 atom stereocenters. The Morgan fingerprint density at radius 2 is 1.73 bits per heavy atom. The first-order valence-corrected chi connectivity index (χ1v) is 12.5. The standard InChI is InChI=1S/C26H20F6N2O5S/c27-25(28,29)22-18(14-4-2-1-3-5-14)11-17(40-22)13-39-16-6-7-20-15(10-16)8-9-34(20)21(35)12-19(23(36)37)33-24(38)26(30,31)32/h1-7,10-11,19H,8-9,12-13H2,(H,33,38)(H,36,37)/t19-/m1/s1. The highest BCUT2D eigenvalue weighted by Crippen LogP contribution is 2.43. The van der Waals surface area contributed by atoms with Crippen LogP contribution in [0.3, 0.4) is 0 Å². The van der Waals surface area contributed by atoms with Crippen molar-refractivity contribution in [3.63, 3.8) is 0 Å². The molecule has 3 aromatic rings. The van der Waals surface area contributed by atoms with Gasteiger partial charge in [-0.05, 0) is 41.8 Å². The Labute approximate surface area is 227 Å². The van der Waals surface area contributed by atoms with Crippen LogP contribution in [0.1, 0.15) is 21.7 Å². The van der Waals surface area contributed by atoms with Crippen LogP contribution in [0.2, 0.25) is 0 Å². The minimum Gasteiger partial charge on any atom is -0.488 e. The highest BCUT2D eigenvalue weighted by molar-refractivity contribution is 7.12. The lowest BCUT2D eigenvalue weighted by atomic mass is 10.1. The largest absolute Gasteiger partial charge is 0.488 e. The van der Waals surface area contributed by atoms with E-state index < -0.39 is 47.5 Å². The van der Waals surface area contributed by atoms with Crippen molar-refractivity contribution in [3.8, 4) is 16.9 Å². The summed E-state index contributed by atoms with van der Waals surface area (Å²) < 4.78 is 84.1. The van der Waals surface area contributed by atoms with Crippen molar-refractivity contribution < 1.29 is 50.6 Å². The lowest BCUT2D eigenvalue weighted by Crippen LogP contribution is -2.49. The first kappa shape index (κ1) is 28.9. The number of thiophene rings is 1. The van der Waals surface area contributed by atoms with E-state index in [4.69, 9.17) is 9.84 Å². The Hall–Kier alpha value is -4.07.